The predicted molar refractivity (Wildman–Crippen MR) is 123 cm³/mol. The molecule has 2 atom stereocenters. The fourth-order valence-electron chi connectivity index (χ4n) is 2.92. The highest BCUT2D eigenvalue weighted by molar-refractivity contribution is 8.00. The summed E-state index contributed by atoms with van der Waals surface area (Å²) in [5, 5.41) is 11.8. The first-order valence-corrected chi connectivity index (χ1v) is 10.8. The van der Waals surface area contributed by atoms with Crippen molar-refractivity contribution in [1.29, 1.82) is 0 Å². The van der Waals surface area contributed by atoms with Gasteiger partial charge in [0.1, 0.15) is 0 Å². The zero-order valence-corrected chi connectivity index (χ0v) is 18.6. The summed E-state index contributed by atoms with van der Waals surface area (Å²) in [6.07, 6.45) is 1.38. The molecule has 162 valence electrons. The summed E-state index contributed by atoms with van der Waals surface area (Å²) in [5.74, 6) is 1.80. The largest absolute Gasteiger partial charge is 0.493 e. The SMILES string of the molecule is C=CCn1c(SC(C)C(=O)Nc2ccccc2)nnc1C(C)Oc1ccccc1OC. The van der Waals surface area contributed by atoms with Gasteiger partial charge in [-0.05, 0) is 38.1 Å². The Morgan fingerprint density at radius 1 is 1.13 bits per heavy atom. The minimum absolute atomic E-state index is 0.107. The number of nitrogens with one attached hydrogen (secondary N) is 1. The molecule has 8 heteroatoms. The molecule has 0 bridgehead atoms. The van der Waals surface area contributed by atoms with Crippen molar-refractivity contribution in [1.82, 2.24) is 14.8 Å². The highest BCUT2D eigenvalue weighted by Crippen LogP contribution is 2.32. The average Bonchev–Trinajstić information content (AvgIpc) is 3.17. The normalized spacial score (nSPS) is 12.6. The van der Waals surface area contributed by atoms with Gasteiger partial charge in [-0.25, -0.2) is 0 Å². The molecule has 0 aliphatic heterocycles. The molecule has 0 saturated heterocycles. The second-order valence-electron chi connectivity index (χ2n) is 6.77. The number of hydrogen-bond acceptors (Lipinski definition) is 6. The summed E-state index contributed by atoms with van der Waals surface area (Å²) < 4.78 is 13.4. The Balaban J connectivity index is 1.74. The van der Waals surface area contributed by atoms with Crippen LogP contribution in [0.2, 0.25) is 0 Å². The van der Waals surface area contributed by atoms with Crippen LogP contribution < -0.4 is 14.8 Å². The van der Waals surface area contributed by atoms with E-state index in [1.165, 1.54) is 11.8 Å². The summed E-state index contributed by atoms with van der Waals surface area (Å²) in [7, 11) is 1.60. The number of aromatic nitrogens is 3. The third kappa shape index (κ3) is 5.67. The Morgan fingerprint density at radius 2 is 1.81 bits per heavy atom. The second kappa shape index (κ2) is 10.7. The topological polar surface area (TPSA) is 78.3 Å². The van der Waals surface area contributed by atoms with Crippen LogP contribution in [-0.4, -0.2) is 33.0 Å². The number of nitrogens with zero attached hydrogens (tertiary/aromatic N) is 3. The Labute approximate surface area is 186 Å². The number of rotatable bonds is 10. The van der Waals surface area contributed by atoms with Gasteiger partial charge in [-0.2, -0.15) is 0 Å². The van der Waals surface area contributed by atoms with Crippen molar-refractivity contribution in [2.45, 2.75) is 36.9 Å². The van der Waals surface area contributed by atoms with E-state index in [1.807, 2.05) is 73.0 Å². The van der Waals surface area contributed by atoms with Gasteiger partial charge in [-0.15, -0.1) is 16.8 Å². The number of anilines is 1. The summed E-state index contributed by atoms with van der Waals surface area (Å²) in [5.41, 5.74) is 0.757. The zero-order valence-electron chi connectivity index (χ0n) is 17.8. The molecule has 1 N–H and O–H groups in total. The van der Waals surface area contributed by atoms with Gasteiger partial charge < -0.3 is 14.8 Å². The third-order valence-corrected chi connectivity index (χ3v) is 5.57. The molecule has 2 aromatic carbocycles. The van der Waals surface area contributed by atoms with Gasteiger partial charge in [-0.3, -0.25) is 9.36 Å². The maximum absolute atomic E-state index is 12.6. The quantitative estimate of drug-likeness (QED) is 0.364. The van der Waals surface area contributed by atoms with E-state index in [0.29, 0.717) is 29.0 Å². The number of amides is 1. The van der Waals surface area contributed by atoms with Crippen LogP contribution in [0.1, 0.15) is 25.8 Å². The second-order valence-corrected chi connectivity index (χ2v) is 8.07. The number of thioether (sulfide) groups is 1. The molecule has 1 aromatic heterocycles. The van der Waals surface area contributed by atoms with Crippen molar-refractivity contribution in [3.63, 3.8) is 0 Å². The van der Waals surface area contributed by atoms with E-state index in [1.54, 1.807) is 13.2 Å². The molecule has 1 heterocycles. The van der Waals surface area contributed by atoms with Crippen LogP contribution in [0.4, 0.5) is 5.69 Å². The van der Waals surface area contributed by atoms with Crippen LogP contribution in [0.15, 0.2) is 72.4 Å². The zero-order chi connectivity index (χ0) is 22.2. The van der Waals surface area contributed by atoms with Gasteiger partial charge in [0.2, 0.25) is 5.91 Å². The van der Waals surface area contributed by atoms with Crippen molar-refractivity contribution in [2.24, 2.45) is 0 Å². The van der Waals surface area contributed by atoms with Gasteiger partial charge in [0.05, 0.1) is 12.4 Å². The molecular weight excluding hydrogens is 412 g/mol. The van der Waals surface area contributed by atoms with Crippen molar-refractivity contribution < 1.29 is 14.3 Å². The molecule has 1 amide bonds. The van der Waals surface area contributed by atoms with E-state index in [4.69, 9.17) is 9.47 Å². The number of benzene rings is 2. The molecule has 7 nitrogen and oxygen atoms in total. The average molecular weight is 439 g/mol. The van der Waals surface area contributed by atoms with Crippen LogP contribution in [0, 0.1) is 0 Å². The summed E-state index contributed by atoms with van der Waals surface area (Å²) >= 11 is 1.34. The summed E-state index contributed by atoms with van der Waals surface area (Å²) in [4.78, 5) is 12.6. The van der Waals surface area contributed by atoms with Crippen molar-refractivity contribution >= 4 is 23.4 Å². The highest BCUT2D eigenvalue weighted by atomic mass is 32.2. The lowest BCUT2D eigenvalue weighted by Gasteiger charge is -2.18. The maximum Gasteiger partial charge on any atom is 0.237 e. The van der Waals surface area contributed by atoms with E-state index >= 15 is 0 Å². The Kier molecular flexibility index (Phi) is 7.72. The fourth-order valence-corrected chi connectivity index (χ4v) is 3.79. The number of carbonyl (C=O) groups is 1. The molecule has 0 spiro atoms. The molecule has 2 unspecified atom stereocenters. The number of allylic oxidation sites excluding steroid dienone is 1. The van der Waals surface area contributed by atoms with E-state index in [0.717, 1.165) is 5.69 Å². The molecule has 0 fully saturated rings. The monoisotopic (exact) mass is 438 g/mol. The minimum Gasteiger partial charge on any atom is -0.493 e. The Hall–Kier alpha value is -3.26. The van der Waals surface area contributed by atoms with E-state index in [9.17, 15) is 4.79 Å². The van der Waals surface area contributed by atoms with Crippen molar-refractivity contribution in [2.75, 3.05) is 12.4 Å². The van der Waals surface area contributed by atoms with E-state index in [-0.39, 0.29) is 17.3 Å². The summed E-state index contributed by atoms with van der Waals surface area (Å²) in [6.45, 7) is 8.07. The van der Waals surface area contributed by atoms with E-state index in [2.05, 4.69) is 22.1 Å². The fraction of sp³-hybridized carbons (Fsp3) is 0.261. The standard InChI is InChI=1S/C23H26N4O3S/c1-5-15-27-21(16(2)30-20-14-10-9-13-19(20)29-4)25-26-23(27)31-17(3)22(28)24-18-11-7-6-8-12-18/h5-14,16-17H,1,15H2,2-4H3,(H,24,28). The summed E-state index contributed by atoms with van der Waals surface area (Å²) in [6, 6.07) is 16.8. The van der Waals surface area contributed by atoms with Gasteiger partial charge in [0.15, 0.2) is 28.6 Å². The van der Waals surface area contributed by atoms with Crippen molar-refractivity contribution in [3.05, 3.63) is 73.1 Å². The molecule has 3 aromatic rings. The number of methoxy groups -OCH3 is 1. The number of ether oxygens (including phenoxy) is 2. The van der Waals surface area contributed by atoms with E-state index < -0.39 is 0 Å². The van der Waals surface area contributed by atoms with Gasteiger partial charge in [-0.1, -0.05) is 48.2 Å². The molecule has 0 radical (unpaired) electrons. The van der Waals surface area contributed by atoms with Crippen LogP contribution in [0.25, 0.3) is 0 Å². The smallest absolute Gasteiger partial charge is 0.237 e. The van der Waals surface area contributed by atoms with Crippen LogP contribution in [0.5, 0.6) is 11.5 Å². The number of para-hydroxylation sites is 3. The third-order valence-electron chi connectivity index (χ3n) is 4.49. The van der Waals surface area contributed by atoms with Gasteiger partial charge in [0, 0.05) is 12.2 Å². The number of hydrogen-bond donors (Lipinski definition) is 1. The highest BCUT2D eigenvalue weighted by Gasteiger charge is 2.23. The first-order valence-electron chi connectivity index (χ1n) is 9.89. The minimum atomic E-state index is -0.383. The van der Waals surface area contributed by atoms with Crippen LogP contribution in [-0.2, 0) is 11.3 Å². The molecule has 0 saturated carbocycles. The lowest BCUT2D eigenvalue weighted by atomic mass is 10.3. The molecular formula is C23H26N4O3S. The van der Waals surface area contributed by atoms with Crippen LogP contribution >= 0.6 is 11.8 Å². The van der Waals surface area contributed by atoms with Crippen LogP contribution in [0.3, 0.4) is 0 Å². The maximum atomic E-state index is 12.6. The Morgan fingerprint density at radius 3 is 2.48 bits per heavy atom. The predicted octanol–water partition coefficient (Wildman–Crippen LogP) is 4.73. The first kappa shape index (κ1) is 22.4. The molecule has 31 heavy (non-hydrogen) atoms. The lowest BCUT2D eigenvalue weighted by molar-refractivity contribution is -0.115. The molecule has 3 rings (SSSR count). The molecule has 0 aliphatic rings. The molecule has 0 aliphatic carbocycles. The lowest BCUT2D eigenvalue weighted by Crippen LogP contribution is -2.23. The van der Waals surface area contributed by atoms with Gasteiger partial charge in [0.25, 0.3) is 0 Å². The Bertz CT molecular complexity index is 1020. The first-order chi connectivity index (χ1) is 15.0. The van der Waals surface area contributed by atoms with Crippen molar-refractivity contribution in [3.8, 4) is 11.5 Å². The van der Waals surface area contributed by atoms with Gasteiger partial charge >= 0.3 is 0 Å². The number of carbonyl (C=O) groups excluding carboxylic acids is 1.